The van der Waals surface area contributed by atoms with Crippen molar-refractivity contribution in [2.24, 2.45) is 0 Å². The van der Waals surface area contributed by atoms with E-state index in [0.29, 0.717) is 5.95 Å². The van der Waals surface area contributed by atoms with Crippen molar-refractivity contribution in [2.45, 2.75) is 31.7 Å². The summed E-state index contributed by atoms with van der Waals surface area (Å²) in [6.45, 7) is 5.99. The second-order valence-corrected chi connectivity index (χ2v) is 5.59. The molecule has 3 nitrogen and oxygen atoms in total. The first kappa shape index (κ1) is 12.0. The molecule has 0 aromatic carbocycles. The molecule has 1 heterocycles. The first-order valence-corrected chi connectivity index (χ1v) is 5.83. The predicted molar refractivity (Wildman–Crippen MR) is 67.8 cm³/mol. The Hall–Kier alpha value is -0.100. The fourth-order valence-corrected chi connectivity index (χ4v) is 1.10. The molecule has 5 heteroatoms. The van der Waals surface area contributed by atoms with Crippen LogP contribution in [0.25, 0.3) is 0 Å². The summed E-state index contributed by atoms with van der Waals surface area (Å²) < 4.78 is 1.02. The third-order valence-electron chi connectivity index (χ3n) is 2.05. The summed E-state index contributed by atoms with van der Waals surface area (Å²) >= 11 is 8.20. The maximum Gasteiger partial charge on any atom is 0.223 e. The summed E-state index contributed by atoms with van der Waals surface area (Å²) in [4.78, 5) is 8.31. The highest BCUT2D eigenvalue weighted by Crippen LogP contribution is 2.19. The molecule has 0 radical (unpaired) electrons. The van der Waals surface area contributed by atoms with E-state index in [9.17, 15) is 0 Å². The van der Waals surface area contributed by atoms with Gasteiger partial charge in [-0.25, -0.2) is 9.97 Å². The van der Waals surface area contributed by atoms with Gasteiger partial charge in [-0.05, 0) is 43.4 Å². The molecule has 1 aromatic heterocycles. The second kappa shape index (κ2) is 4.61. The van der Waals surface area contributed by atoms with Crippen LogP contribution in [-0.4, -0.2) is 20.9 Å². The molecular weight excluding hydrogens is 312 g/mol. The molecular formula is C9H13ClIN3. The maximum absolute atomic E-state index is 6.03. The van der Waals surface area contributed by atoms with Crippen LogP contribution in [0.2, 0.25) is 0 Å². The van der Waals surface area contributed by atoms with Crippen molar-refractivity contribution >= 4 is 40.1 Å². The lowest BCUT2D eigenvalue weighted by atomic mass is 10.0. The lowest BCUT2D eigenvalue weighted by molar-refractivity contribution is 0.549. The van der Waals surface area contributed by atoms with Crippen LogP contribution >= 0.6 is 34.2 Å². The molecule has 78 valence electrons. The van der Waals surface area contributed by atoms with E-state index in [-0.39, 0.29) is 10.9 Å². The Labute approximate surface area is 103 Å². The number of nitrogens with zero attached hydrogens (tertiary/aromatic N) is 2. The number of halogens is 2. The average molecular weight is 326 g/mol. The van der Waals surface area contributed by atoms with Crippen LogP contribution in [0, 0.1) is 3.57 Å². The zero-order valence-electron chi connectivity index (χ0n) is 8.38. The molecule has 1 rings (SSSR count). The van der Waals surface area contributed by atoms with E-state index < -0.39 is 0 Å². The minimum atomic E-state index is -0.214. The van der Waals surface area contributed by atoms with Crippen LogP contribution in [0.3, 0.4) is 0 Å². The number of rotatable bonds is 3. The molecule has 1 atom stereocenters. The summed E-state index contributed by atoms with van der Waals surface area (Å²) in [6.07, 6.45) is 3.54. The molecule has 0 saturated carbocycles. The van der Waals surface area contributed by atoms with Crippen LogP contribution in [0.4, 0.5) is 5.95 Å². The van der Waals surface area contributed by atoms with Gasteiger partial charge in [0, 0.05) is 16.0 Å². The molecule has 0 amide bonds. The largest absolute Gasteiger partial charge is 0.348 e. The first-order valence-electron chi connectivity index (χ1n) is 4.31. The number of hydrogen-bond acceptors (Lipinski definition) is 3. The summed E-state index contributed by atoms with van der Waals surface area (Å²) in [7, 11) is 0. The molecule has 0 aliphatic carbocycles. The van der Waals surface area contributed by atoms with E-state index in [1.165, 1.54) is 0 Å². The molecule has 0 bridgehead atoms. The monoisotopic (exact) mass is 325 g/mol. The molecule has 0 saturated heterocycles. The molecule has 14 heavy (non-hydrogen) atoms. The highest BCUT2D eigenvalue weighted by atomic mass is 127. The Balaban J connectivity index is 2.74. The van der Waals surface area contributed by atoms with Crippen molar-refractivity contribution in [1.29, 1.82) is 0 Å². The Bertz CT molecular complexity index is 297. The summed E-state index contributed by atoms with van der Waals surface area (Å²) in [5.41, 5.74) is -0.214. The van der Waals surface area contributed by atoms with Gasteiger partial charge in [0.15, 0.2) is 0 Å². The molecule has 0 aliphatic heterocycles. The SMILES string of the molecule is CC(Cl)C(C)(C)Nc1ncc(I)cn1. The number of anilines is 1. The van der Waals surface area contributed by atoms with Crippen molar-refractivity contribution < 1.29 is 0 Å². The zero-order chi connectivity index (χ0) is 10.8. The van der Waals surface area contributed by atoms with Crippen LogP contribution in [-0.2, 0) is 0 Å². The van der Waals surface area contributed by atoms with Gasteiger partial charge in [-0.15, -0.1) is 11.6 Å². The average Bonchev–Trinajstić information content (AvgIpc) is 2.08. The van der Waals surface area contributed by atoms with Crippen molar-refractivity contribution in [3.63, 3.8) is 0 Å². The van der Waals surface area contributed by atoms with Crippen molar-refractivity contribution in [3.05, 3.63) is 16.0 Å². The van der Waals surface area contributed by atoms with Crippen LogP contribution in [0.5, 0.6) is 0 Å². The zero-order valence-corrected chi connectivity index (χ0v) is 11.3. The number of alkyl halides is 1. The quantitative estimate of drug-likeness (QED) is 0.686. The van der Waals surface area contributed by atoms with Crippen molar-refractivity contribution in [3.8, 4) is 0 Å². The molecule has 0 fully saturated rings. The standard InChI is InChI=1S/C9H13ClIN3/c1-6(10)9(2,3)14-8-12-4-7(11)5-13-8/h4-6H,1-3H3,(H,12,13,14). The summed E-state index contributed by atoms with van der Waals surface area (Å²) in [6, 6.07) is 0. The van der Waals surface area contributed by atoms with Crippen LogP contribution in [0.15, 0.2) is 12.4 Å². The van der Waals surface area contributed by atoms with E-state index in [1.807, 2.05) is 20.8 Å². The van der Waals surface area contributed by atoms with E-state index in [1.54, 1.807) is 12.4 Å². The Morgan fingerprint density at radius 2 is 1.93 bits per heavy atom. The van der Waals surface area contributed by atoms with E-state index in [0.717, 1.165) is 3.57 Å². The summed E-state index contributed by atoms with van der Waals surface area (Å²) in [5.74, 6) is 0.614. The van der Waals surface area contributed by atoms with E-state index in [4.69, 9.17) is 11.6 Å². The minimum Gasteiger partial charge on any atom is -0.348 e. The lowest BCUT2D eigenvalue weighted by Gasteiger charge is -2.28. The van der Waals surface area contributed by atoms with Gasteiger partial charge >= 0.3 is 0 Å². The van der Waals surface area contributed by atoms with Crippen LogP contribution < -0.4 is 5.32 Å². The molecule has 0 aliphatic rings. The van der Waals surface area contributed by atoms with Gasteiger partial charge in [0.1, 0.15) is 0 Å². The van der Waals surface area contributed by atoms with Gasteiger partial charge in [0.25, 0.3) is 0 Å². The van der Waals surface area contributed by atoms with E-state index >= 15 is 0 Å². The topological polar surface area (TPSA) is 37.8 Å². The molecule has 0 spiro atoms. The number of hydrogen-bond donors (Lipinski definition) is 1. The fraction of sp³-hybridized carbons (Fsp3) is 0.556. The van der Waals surface area contributed by atoms with Crippen molar-refractivity contribution in [1.82, 2.24) is 9.97 Å². The number of nitrogens with one attached hydrogen (secondary N) is 1. The molecule has 1 N–H and O–H groups in total. The predicted octanol–water partition coefficient (Wildman–Crippen LogP) is 2.90. The van der Waals surface area contributed by atoms with Gasteiger partial charge in [-0.3, -0.25) is 0 Å². The normalized spacial score (nSPS) is 13.8. The Morgan fingerprint density at radius 1 is 1.43 bits per heavy atom. The minimum absolute atomic E-state index is 0.00498. The third kappa shape index (κ3) is 3.24. The van der Waals surface area contributed by atoms with Gasteiger partial charge in [0.05, 0.1) is 10.9 Å². The highest BCUT2D eigenvalue weighted by molar-refractivity contribution is 14.1. The summed E-state index contributed by atoms with van der Waals surface area (Å²) in [5, 5.41) is 3.19. The maximum atomic E-state index is 6.03. The lowest BCUT2D eigenvalue weighted by Crippen LogP contribution is -2.39. The molecule has 1 unspecified atom stereocenters. The number of aromatic nitrogens is 2. The molecule has 1 aromatic rings. The van der Waals surface area contributed by atoms with Gasteiger partial charge < -0.3 is 5.32 Å². The van der Waals surface area contributed by atoms with Gasteiger partial charge in [0.2, 0.25) is 5.95 Å². The van der Waals surface area contributed by atoms with Gasteiger partial charge in [-0.1, -0.05) is 0 Å². The van der Waals surface area contributed by atoms with Crippen LogP contribution in [0.1, 0.15) is 20.8 Å². The second-order valence-electron chi connectivity index (χ2n) is 3.69. The van der Waals surface area contributed by atoms with E-state index in [2.05, 4.69) is 37.9 Å². The smallest absolute Gasteiger partial charge is 0.223 e. The highest BCUT2D eigenvalue weighted by Gasteiger charge is 2.24. The third-order valence-corrected chi connectivity index (χ3v) is 3.15. The van der Waals surface area contributed by atoms with Gasteiger partial charge in [-0.2, -0.15) is 0 Å². The first-order chi connectivity index (χ1) is 6.42. The Kier molecular flexibility index (Phi) is 3.94. The fourth-order valence-electron chi connectivity index (χ4n) is 0.764. The van der Waals surface area contributed by atoms with Crippen molar-refractivity contribution in [2.75, 3.05) is 5.32 Å². The Morgan fingerprint density at radius 3 is 2.36 bits per heavy atom.